The summed E-state index contributed by atoms with van der Waals surface area (Å²) < 4.78 is 4.70. The number of carbonyl (C=O) groups excluding carboxylic acids is 3. The van der Waals surface area contributed by atoms with Gasteiger partial charge in [0.2, 0.25) is 0 Å². The van der Waals surface area contributed by atoms with Crippen molar-refractivity contribution in [2.45, 2.75) is 6.92 Å². The van der Waals surface area contributed by atoms with Gasteiger partial charge in [-0.2, -0.15) is 0 Å². The van der Waals surface area contributed by atoms with Crippen LogP contribution in [0.3, 0.4) is 0 Å². The van der Waals surface area contributed by atoms with Gasteiger partial charge < -0.3 is 15.2 Å². The molecule has 1 aromatic rings. The highest BCUT2D eigenvalue weighted by molar-refractivity contribution is 6.15. The molecule has 0 radical (unpaired) electrons. The number of hydrogen-bond donors (Lipinski definition) is 2. The fourth-order valence-corrected chi connectivity index (χ4v) is 1.94. The zero-order valence-electron chi connectivity index (χ0n) is 12.2. The molecule has 23 heavy (non-hydrogen) atoms. The number of aromatic carboxylic acids is 1. The minimum atomic E-state index is -1.06. The van der Waals surface area contributed by atoms with Crippen molar-refractivity contribution in [1.29, 1.82) is 0 Å². The summed E-state index contributed by atoms with van der Waals surface area (Å²) >= 11 is 0. The van der Waals surface area contributed by atoms with Crippen molar-refractivity contribution in [2.24, 2.45) is 0 Å². The maximum absolute atomic E-state index is 12.1. The van der Waals surface area contributed by atoms with E-state index in [-0.39, 0.29) is 17.9 Å². The number of carboxylic acid groups (broad SMARTS) is 1. The molecule has 0 unspecified atom stereocenters. The number of carbonyl (C=O) groups is 4. The maximum Gasteiger partial charge on any atom is 0.335 e. The van der Waals surface area contributed by atoms with E-state index >= 15 is 0 Å². The van der Waals surface area contributed by atoms with Gasteiger partial charge in [-0.25, -0.2) is 14.5 Å². The lowest BCUT2D eigenvalue weighted by Crippen LogP contribution is -2.36. The van der Waals surface area contributed by atoms with Gasteiger partial charge >= 0.3 is 18.0 Å². The minimum Gasteiger partial charge on any atom is -0.478 e. The number of benzene rings is 1. The van der Waals surface area contributed by atoms with Gasteiger partial charge in [0.05, 0.1) is 12.2 Å². The number of ether oxygens (including phenoxy) is 1. The molecule has 1 aromatic carbocycles. The molecule has 0 aliphatic carbocycles. The lowest BCUT2D eigenvalue weighted by molar-refractivity contribution is -0.145. The molecule has 0 bridgehead atoms. The molecule has 1 aliphatic rings. The van der Waals surface area contributed by atoms with Crippen LogP contribution >= 0.6 is 0 Å². The zero-order chi connectivity index (χ0) is 17.0. The normalized spacial score (nSPS) is 15.7. The monoisotopic (exact) mass is 318 g/mol. The minimum absolute atomic E-state index is 0.00220. The van der Waals surface area contributed by atoms with Crippen molar-refractivity contribution >= 4 is 30.0 Å². The molecular formula is C15H14N2O6. The van der Waals surface area contributed by atoms with Crippen LogP contribution in [-0.4, -0.2) is 47.0 Å². The summed E-state index contributed by atoms with van der Waals surface area (Å²) in [7, 11) is 0. The van der Waals surface area contributed by atoms with Crippen LogP contribution in [0.25, 0.3) is 6.08 Å². The number of carboxylic acids is 1. The molecule has 1 aliphatic heterocycles. The molecule has 1 heterocycles. The van der Waals surface area contributed by atoms with Gasteiger partial charge in [-0.3, -0.25) is 9.59 Å². The predicted octanol–water partition coefficient (Wildman–Crippen LogP) is 0.841. The Bertz CT molecular complexity index is 692. The Morgan fingerprint density at radius 3 is 2.48 bits per heavy atom. The van der Waals surface area contributed by atoms with Crippen LogP contribution in [0.1, 0.15) is 22.8 Å². The SMILES string of the molecule is CCOC(=O)CN1C(=O)N/C(=C\c2ccc(C(=O)O)cc2)C1=O. The first-order valence-corrected chi connectivity index (χ1v) is 6.76. The lowest BCUT2D eigenvalue weighted by atomic mass is 10.1. The fourth-order valence-electron chi connectivity index (χ4n) is 1.94. The van der Waals surface area contributed by atoms with Gasteiger partial charge in [0.15, 0.2) is 0 Å². The summed E-state index contributed by atoms with van der Waals surface area (Å²) in [5, 5.41) is 11.2. The molecule has 1 saturated heterocycles. The van der Waals surface area contributed by atoms with Crippen LogP contribution in [0.5, 0.6) is 0 Å². The van der Waals surface area contributed by atoms with Gasteiger partial charge in [-0.05, 0) is 30.7 Å². The molecule has 120 valence electrons. The van der Waals surface area contributed by atoms with E-state index in [2.05, 4.69) is 5.32 Å². The van der Waals surface area contributed by atoms with E-state index < -0.39 is 30.4 Å². The van der Waals surface area contributed by atoms with Crippen LogP contribution in [0.2, 0.25) is 0 Å². The van der Waals surface area contributed by atoms with Crippen molar-refractivity contribution < 1.29 is 29.0 Å². The van der Waals surface area contributed by atoms with Crippen molar-refractivity contribution in [3.63, 3.8) is 0 Å². The van der Waals surface area contributed by atoms with Gasteiger partial charge in [0, 0.05) is 0 Å². The van der Waals surface area contributed by atoms with Gasteiger partial charge in [0.25, 0.3) is 5.91 Å². The van der Waals surface area contributed by atoms with E-state index in [1.54, 1.807) is 6.92 Å². The van der Waals surface area contributed by atoms with Crippen LogP contribution in [0, 0.1) is 0 Å². The maximum atomic E-state index is 12.1. The third-order valence-electron chi connectivity index (χ3n) is 3.02. The van der Waals surface area contributed by atoms with E-state index in [1.165, 1.54) is 30.3 Å². The summed E-state index contributed by atoms with van der Waals surface area (Å²) in [5.74, 6) is -2.39. The van der Waals surface area contributed by atoms with E-state index in [0.29, 0.717) is 5.56 Å². The summed E-state index contributed by atoms with van der Waals surface area (Å²) in [6.45, 7) is 1.31. The van der Waals surface area contributed by atoms with Crippen LogP contribution < -0.4 is 5.32 Å². The number of urea groups is 1. The smallest absolute Gasteiger partial charge is 0.335 e. The molecule has 8 heteroatoms. The molecule has 2 rings (SSSR count). The second kappa shape index (κ2) is 6.73. The molecular weight excluding hydrogens is 304 g/mol. The third kappa shape index (κ3) is 3.73. The molecule has 2 N–H and O–H groups in total. The molecule has 0 spiro atoms. The lowest BCUT2D eigenvalue weighted by Gasteiger charge is -2.10. The predicted molar refractivity (Wildman–Crippen MR) is 78.3 cm³/mol. The summed E-state index contributed by atoms with van der Waals surface area (Å²) in [4.78, 5) is 46.7. The first kappa shape index (κ1) is 16.2. The summed E-state index contributed by atoms with van der Waals surface area (Å²) in [5.41, 5.74) is 0.650. The quantitative estimate of drug-likeness (QED) is 0.472. The third-order valence-corrected chi connectivity index (χ3v) is 3.02. The molecule has 0 atom stereocenters. The highest BCUT2D eigenvalue weighted by Crippen LogP contribution is 2.14. The van der Waals surface area contributed by atoms with E-state index in [0.717, 1.165) is 4.90 Å². The Kier molecular flexibility index (Phi) is 4.75. The van der Waals surface area contributed by atoms with Crippen molar-refractivity contribution in [1.82, 2.24) is 10.2 Å². The second-order valence-electron chi connectivity index (χ2n) is 4.61. The number of nitrogens with one attached hydrogen (secondary N) is 1. The van der Waals surface area contributed by atoms with E-state index in [9.17, 15) is 19.2 Å². The van der Waals surface area contributed by atoms with E-state index in [1.807, 2.05) is 0 Å². The second-order valence-corrected chi connectivity index (χ2v) is 4.61. The largest absolute Gasteiger partial charge is 0.478 e. The van der Waals surface area contributed by atoms with Gasteiger partial charge in [0.1, 0.15) is 12.2 Å². The first-order chi connectivity index (χ1) is 10.9. The Morgan fingerprint density at radius 2 is 1.91 bits per heavy atom. The Hall–Kier alpha value is -3.16. The van der Waals surface area contributed by atoms with Crippen LogP contribution in [0.15, 0.2) is 30.0 Å². The standard InChI is InChI=1S/C15H14N2O6/c1-2-23-12(18)8-17-13(19)11(16-15(17)22)7-9-3-5-10(6-4-9)14(20)21/h3-7H,2,8H2,1H3,(H,16,22)(H,20,21)/b11-7-. The number of esters is 1. The average Bonchev–Trinajstić information content (AvgIpc) is 2.76. The average molecular weight is 318 g/mol. The molecule has 1 fully saturated rings. The van der Waals surface area contributed by atoms with Crippen molar-refractivity contribution in [3.05, 3.63) is 41.1 Å². The Labute approximate surface area is 131 Å². The zero-order valence-corrected chi connectivity index (χ0v) is 12.2. The van der Waals surface area contributed by atoms with Crippen molar-refractivity contribution in [3.8, 4) is 0 Å². The van der Waals surface area contributed by atoms with Gasteiger partial charge in [-0.1, -0.05) is 12.1 Å². The number of hydrogen-bond acceptors (Lipinski definition) is 5. The number of rotatable bonds is 5. The fraction of sp³-hybridized carbons (Fsp3) is 0.200. The van der Waals surface area contributed by atoms with Crippen LogP contribution in [0.4, 0.5) is 4.79 Å². The van der Waals surface area contributed by atoms with E-state index in [4.69, 9.17) is 9.84 Å². The molecule has 8 nitrogen and oxygen atoms in total. The van der Waals surface area contributed by atoms with Gasteiger partial charge in [-0.15, -0.1) is 0 Å². The summed E-state index contributed by atoms with van der Waals surface area (Å²) in [6.07, 6.45) is 1.40. The van der Waals surface area contributed by atoms with Crippen LogP contribution in [-0.2, 0) is 14.3 Å². The highest BCUT2D eigenvalue weighted by atomic mass is 16.5. The molecule has 3 amide bonds. The Morgan fingerprint density at radius 1 is 1.26 bits per heavy atom. The number of nitrogens with zero attached hydrogens (tertiary/aromatic N) is 1. The molecule has 0 saturated carbocycles. The topological polar surface area (TPSA) is 113 Å². The first-order valence-electron chi connectivity index (χ1n) is 6.76. The van der Waals surface area contributed by atoms with Crippen molar-refractivity contribution in [2.75, 3.05) is 13.2 Å². The highest BCUT2D eigenvalue weighted by Gasteiger charge is 2.35. The number of imide groups is 1. The summed E-state index contributed by atoms with van der Waals surface area (Å²) in [6, 6.07) is 5.06. The Balaban J connectivity index is 2.14. The number of amides is 3. The molecule has 0 aromatic heterocycles.